The van der Waals surface area contributed by atoms with E-state index in [2.05, 4.69) is 10.4 Å². The average Bonchev–Trinajstić information content (AvgIpc) is 3.13. The van der Waals surface area contributed by atoms with Gasteiger partial charge in [0.25, 0.3) is 11.6 Å². The highest BCUT2D eigenvalue weighted by Gasteiger charge is 2.40. The minimum absolute atomic E-state index is 0.158. The average molecular weight is 444 g/mol. The number of hydrogen-bond acceptors (Lipinski definition) is 4. The lowest BCUT2D eigenvalue weighted by molar-refractivity contribution is -0.384. The summed E-state index contributed by atoms with van der Waals surface area (Å²) >= 11 is 0. The van der Waals surface area contributed by atoms with Gasteiger partial charge >= 0.3 is 12.4 Å². The molecule has 0 unspecified atom stereocenters. The first-order valence-corrected chi connectivity index (χ1v) is 8.26. The van der Waals surface area contributed by atoms with Crippen LogP contribution in [-0.2, 0) is 12.4 Å². The summed E-state index contributed by atoms with van der Waals surface area (Å²) in [6, 6.07) is 7.12. The van der Waals surface area contributed by atoms with E-state index in [-0.39, 0.29) is 17.1 Å². The Hall–Kier alpha value is -3.90. The Labute approximate surface area is 169 Å². The summed E-state index contributed by atoms with van der Waals surface area (Å²) in [6.07, 6.45) is -9.01. The topological polar surface area (TPSA) is 90.1 Å². The van der Waals surface area contributed by atoms with Crippen LogP contribution in [0.5, 0.6) is 0 Å². The van der Waals surface area contributed by atoms with Crippen LogP contribution in [0, 0.1) is 10.1 Å². The van der Waals surface area contributed by atoms with E-state index in [0.717, 1.165) is 36.4 Å². The molecule has 31 heavy (non-hydrogen) atoms. The number of nitro groups is 1. The quantitative estimate of drug-likeness (QED) is 0.346. The molecule has 3 rings (SSSR count). The number of carbonyl (C=O) groups is 1. The maximum atomic E-state index is 13.6. The van der Waals surface area contributed by atoms with Gasteiger partial charge in [-0.2, -0.15) is 31.4 Å². The van der Waals surface area contributed by atoms with Gasteiger partial charge in [-0.15, -0.1) is 0 Å². The second-order valence-electron chi connectivity index (χ2n) is 6.12. The van der Waals surface area contributed by atoms with Gasteiger partial charge in [0.2, 0.25) is 0 Å². The number of hydrogen-bond donors (Lipinski definition) is 1. The number of carbonyl (C=O) groups excluding carboxylic acids is 1. The molecule has 13 heteroatoms. The molecule has 1 N–H and O–H groups in total. The van der Waals surface area contributed by atoms with Crippen LogP contribution in [0.3, 0.4) is 0 Å². The van der Waals surface area contributed by atoms with Gasteiger partial charge in [0.05, 0.1) is 27.9 Å². The highest BCUT2D eigenvalue weighted by molar-refractivity contribution is 6.05. The van der Waals surface area contributed by atoms with Crippen LogP contribution in [0.2, 0.25) is 0 Å². The number of nitrogens with zero attached hydrogens (tertiary/aromatic N) is 3. The van der Waals surface area contributed by atoms with Crippen molar-refractivity contribution in [2.75, 3.05) is 5.32 Å². The highest BCUT2D eigenvalue weighted by atomic mass is 19.4. The zero-order valence-electron chi connectivity index (χ0n) is 15.0. The van der Waals surface area contributed by atoms with Crippen LogP contribution in [0.1, 0.15) is 21.6 Å². The Kier molecular flexibility index (Phi) is 5.44. The maximum Gasteiger partial charge on any atom is 0.434 e. The number of benzene rings is 2. The molecule has 3 aromatic rings. The predicted octanol–water partition coefficient (Wildman–Crippen LogP) is 5.07. The zero-order chi connectivity index (χ0) is 23.0. The number of nitrogens with one attached hydrogen (secondary N) is 1. The molecule has 0 aliphatic rings. The van der Waals surface area contributed by atoms with E-state index in [1.165, 1.54) is 0 Å². The molecule has 0 bridgehead atoms. The summed E-state index contributed by atoms with van der Waals surface area (Å²) in [4.78, 5) is 22.3. The molecule has 2 aromatic carbocycles. The van der Waals surface area contributed by atoms with E-state index in [9.17, 15) is 41.3 Å². The largest absolute Gasteiger partial charge is 0.434 e. The van der Waals surface area contributed by atoms with Gasteiger partial charge in [-0.25, -0.2) is 4.68 Å². The lowest BCUT2D eigenvalue weighted by Gasteiger charge is -2.13. The van der Waals surface area contributed by atoms with Crippen molar-refractivity contribution in [3.63, 3.8) is 0 Å². The molecule has 1 aromatic heterocycles. The van der Waals surface area contributed by atoms with Gasteiger partial charge in [-0.05, 0) is 36.4 Å². The van der Waals surface area contributed by atoms with Crippen molar-refractivity contribution in [1.29, 1.82) is 0 Å². The molecule has 0 saturated heterocycles. The first kappa shape index (κ1) is 21.8. The van der Waals surface area contributed by atoms with E-state index in [4.69, 9.17) is 0 Å². The standard InChI is InChI=1S/C18H10F6N4O3/c19-17(20,21)10-1-3-11(4-2-10)26-16(29)14-9-25-27(15(14)18(22,23)24)12-5-7-13(8-6-12)28(30)31/h1-9H,(H,26,29). The second-order valence-corrected chi connectivity index (χ2v) is 6.12. The van der Waals surface area contributed by atoms with Crippen LogP contribution in [0.15, 0.2) is 54.7 Å². The van der Waals surface area contributed by atoms with E-state index in [0.29, 0.717) is 23.0 Å². The van der Waals surface area contributed by atoms with Gasteiger partial charge in [0.15, 0.2) is 5.69 Å². The van der Waals surface area contributed by atoms with E-state index in [1.807, 2.05) is 0 Å². The molecule has 0 atom stereocenters. The van der Waals surface area contributed by atoms with Crippen molar-refractivity contribution in [2.45, 2.75) is 12.4 Å². The smallest absolute Gasteiger partial charge is 0.322 e. The molecule has 0 fully saturated rings. The predicted molar refractivity (Wildman–Crippen MR) is 94.6 cm³/mol. The number of non-ortho nitro benzene ring substituents is 1. The van der Waals surface area contributed by atoms with E-state index in [1.54, 1.807) is 0 Å². The summed E-state index contributed by atoms with van der Waals surface area (Å²) in [5, 5.41) is 16.3. The van der Waals surface area contributed by atoms with Gasteiger partial charge in [0.1, 0.15) is 0 Å². The molecule has 1 heterocycles. The SMILES string of the molecule is O=C(Nc1ccc(C(F)(F)F)cc1)c1cnn(-c2ccc([N+](=O)[O-])cc2)c1C(F)(F)F. The fraction of sp³-hybridized carbons (Fsp3) is 0.111. The van der Waals surface area contributed by atoms with Crippen LogP contribution in [-0.4, -0.2) is 20.6 Å². The minimum atomic E-state index is -5.04. The van der Waals surface area contributed by atoms with Crippen LogP contribution < -0.4 is 5.32 Å². The fourth-order valence-electron chi connectivity index (χ4n) is 2.64. The van der Waals surface area contributed by atoms with Gasteiger partial charge in [-0.1, -0.05) is 0 Å². The Bertz CT molecular complexity index is 1120. The third kappa shape index (κ3) is 4.65. The summed E-state index contributed by atoms with van der Waals surface area (Å²) in [5.74, 6) is -1.25. The molecule has 0 aliphatic heterocycles. The first-order chi connectivity index (χ1) is 14.4. The second kappa shape index (κ2) is 7.74. The lowest BCUT2D eigenvalue weighted by Crippen LogP contribution is -2.20. The van der Waals surface area contributed by atoms with Crippen LogP contribution >= 0.6 is 0 Å². The van der Waals surface area contributed by atoms with Gasteiger partial charge in [-0.3, -0.25) is 14.9 Å². The first-order valence-electron chi connectivity index (χ1n) is 8.26. The number of aromatic nitrogens is 2. The Balaban J connectivity index is 1.94. The van der Waals surface area contributed by atoms with Crippen LogP contribution in [0.4, 0.5) is 37.7 Å². The molecule has 0 aliphatic carbocycles. The number of anilines is 1. The summed E-state index contributed by atoms with van der Waals surface area (Å²) in [7, 11) is 0. The van der Waals surface area contributed by atoms with Crippen molar-refractivity contribution in [2.24, 2.45) is 0 Å². The van der Waals surface area contributed by atoms with Gasteiger partial charge in [0, 0.05) is 17.8 Å². The third-order valence-corrected chi connectivity index (χ3v) is 4.06. The van der Waals surface area contributed by atoms with Crippen molar-refractivity contribution in [1.82, 2.24) is 9.78 Å². The normalized spacial score (nSPS) is 11.9. The fourth-order valence-corrected chi connectivity index (χ4v) is 2.64. The molecule has 0 spiro atoms. The number of nitro benzene ring substituents is 1. The molecule has 7 nitrogen and oxygen atoms in total. The zero-order valence-corrected chi connectivity index (χ0v) is 15.0. The Morgan fingerprint density at radius 1 is 0.935 bits per heavy atom. The highest BCUT2D eigenvalue weighted by Crippen LogP contribution is 2.34. The van der Waals surface area contributed by atoms with Crippen molar-refractivity contribution in [3.8, 4) is 5.69 Å². The monoisotopic (exact) mass is 444 g/mol. The van der Waals surface area contributed by atoms with Gasteiger partial charge < -0.3 is 5.32 Å². The van der Waals surface area contributed by atoms with Crippen molar-refractivity contribution >= 4 is 17.3 Å². The molecule has 1 amide bonds. The Morgan fingerprint density at radius 3 is 2.00 bits per heavy atom. The molecule has 162 valence electrons. The number of halogens is 6. The number of alkyl halides is 6. The van der Waals surface area contributed by atoms with Crippen LogP contribution in [0.25, 0.3) is 5.69 Å². The molecular weight excluding hydrogens is 434 g/mol. The van der Waals surface area contributed by atoms with Crippen molar-refractivity contribution in [3.05, 3.63) is 81.7 Å². The molecule has 0 radical (unpaired) electrons. The Morgan fingerprint density at radius 2 is 1.52 bits per heavy atom. The number of rotatable bonds is 4. The lowest BCUT2D eigenvalue weighted by atomic mass is 10.1. The third-order valence-electron chi connectivity index (χ3n) is 4.06. The minimum Gasteiger partial charge on any atom is -0.322 e. The summed E-state index contributed by atoms with van der Waals surface area (Å²) < 4.78 is 79.1. The summed E-state index contributed by atoms with van der Waals surface area (Å²) in [5.41, 5.74) is -4.03. The molecular formula is C18H10F6N4O3. The van der Waals surface area contributed by atoms with E-state index < -0.39 is 40.0 Å². The summed E-state index contributed by atoms with van der Waals surface area (Å²) in [6.45, 7) is 0. The number of amides is 1. The molecule has 0 saturated carbocycles. The van der Waals surface area contributed by atoms with E-state index >= 15 is 0 Å². The maximum absolute atomic E-state index is 13.6. The van der Waals surface area contributed by atoms with Crippen molar-refractivity contribution < 1.29 is 36.1 Å².